The first kappa shape index (κ1) is 20.7. The Balaban J connectivity index is 2.35. The number of hydrogen-bond donors (Lipinski definition) is 0. The molecule has 0 N–H and O–H groups in total. The number of azide groups is 1. The Morgan fingerprint density at radius 3 is 2.32 bits per heavy atom. The van der Waals surface area contributed by atoms with E-state index >= 15 is 0 Å². The largest absolute Gasteiger partial charge is 0.465 e. The molecule has 0 radical (unpaired) electrons. The van der Waals surface area contributed by atoms with Crippen molar-refractivity contribution in [3.05, 3.63) is 58.0 Å². The number of halogens is 2. The van der Waals surface area contributed by atoms with E-state index in [0.717, 1.165) is 11.0 Å². The number of rotatable bonds is 7. The molecule has 0 aromatic heterocycles. The number of carbonyl (C=O) groups is 4. The van der Waals surface area contributed by atoms with Crippen molar-refractivity contribution < 1.29 is 32.7 Å². The summed E-state index contributed by atoms with van der Waals surface area (Å²) in [7, 11) is 0. The van der Waals surface area contributed by atoms with E-state index in [9.17, 15) is 28.0 Å². The molecule has 1 atom stereocenters. The van der Waals surface area contributed by atoms with Crippen molar-refractivity contribution in [2.24, 2.45) is 10.5 Å². The smallest absolute Gasteiger partial charge is 0.329 e. The summed E-state index contributed by atoms with van der Waals surface area (Å²) in [6.07, 6.45) is -2.21. The lowest BCUT2D eigenvalue weighted by molar-refractivity contribution is -0.165. The lowest BCUT2D eigenvalue weighted by atomic mass is 9.87. The van der Waals surface area contributed by atoms with Gasteiger partial charge in [0, 0.05) is 11.5 Å². The number of nitrogens with zero attached hydrogens (tertiary/aromatic N) is 4. The van der Waals surface area contributed by atoms with Crippen LogP contribution in [-0.4, -0.2) is 48.2 Å². The fraction of sp³-hybridized carbons (Fsp3) is 0.294. The predicted molar refractivity (Wildman–Crippen MR) is 90.2 cm³/mol. The number of amides is 3. The topological polar surface area (TPSA) is 130 Å². The Hall–Kier alpha value is -3.59. The quantitative estimate of drug-likeness (QED) is 0.134. The molecule has 1 aliphatic heterocycles. The Bertz CT molecular complexity index is 876. The third kappa shape index (κ3) is 3.47. The van der Waals surface area contributed by atoms with Gasteiger partial charge >= 0.3 is 5.97 Å². The molecule has 0 fully saturated rings. The Morgan fingerprint density at radius 1 is 1.29 bits per heavy atom. The van der Waals surface area contributed by atoms with Crippen molar-refractivity contribution in [2.45, 2.75) is 13.3 Å². The van der Waals surface area contributed by atoms with E-state index in [1.54, 1.807) is 12.1 Å². The summed E-state index contributed by atoms with van der Waals surface area (Å²) < 4.78 is 31.9. The third-order valence-electron chi connectivity index (χ3n) is 3.99. The zero-order chi connectivity index (χ0) is 20.9. The normalized spacial score (nSPS) is 15.4. The van der Waals surface area contributed by atoms with Gasteiger partial charge in [0.1, 0.15) is 0 Å². The highest BCUT2D eigenvalue weighted by atomic mass is 19.3. The maximum atomic E-state index is 13.7. The van der Waals surface area contributed by atoms with Crippen LogP contribution >= 0.6 is 0 Å². The molecule has 1 aromatic carbocycles. The van der Waals surface area contributed by atoms with Gasteiger partial charge in [-0.2, -0.15) is 0 Å². The first-order valence-electron chi connectivity index (χ1n) is 7.99. The maximum absolute atomic E-state index is 13.7. The molecule has 9 nitrogen and oxygen atoms in total. The highest BCUT2D eigenvalue weighted by molar-refractivity contribution is 6.21. The van der Waals surface area contributed by atoms with Gasteiger partial charge in [-0.1, -0.05) is 24.3 Å². The number of ether oxygens (including phenoxy) is 1. The summed E-state index contributed by atoms with van der Waals surface area (Å²) >= 11 is 0. The van der Waals surface area contributed by atoms with Crippen LogP contribution in [0.25, 0.3) is 10.4 Å². The average molecular weight is 392 g/mol. The fourth-order valence-corrected chi connectivity index (χ4v) is 2.60. The van der Waals surface area contributed by atoms with Crippen molar-refractivity contribution in [1.82, 2.24) is 4.90 Å². The molecular weight excluding hydrogens is 378 g/mol. The molecule has 1 heterocycles. The van der Waals surface area contributed by atoms with E-state index < -0.39 is 42.1 Å². The van der Waals surface area contributed by atoms with E-state index in [1.807, 2.05) is 0 Å². The molecule has 0 saturated carbocycles. The molecule has 11 heteroatoms. The Labute approximate surface area is 157 Å². The van der Waals surface area contributed by atoms with E-state index in [4.69, 9.17) is 5.53 Å². The first-order chi connectivity index (χ1) is 13.3. The van der Waals surface area contributed by atoms with Crippen LogP contribution in [-0.2, 0) is 14.3 Å². The molecule has 0 bridgehead atoms. The first-order valence-corrected chi connectivity index (χ1v) is 7.99. The van der Waals surface area contributed by atoms with Gasteiger partial charge in [-0.05, 0) is 29.7 Å². The molecule has 1 unspecified atom stereocenters. The van der Waals surface area contributed by atoms with Gasteiger partial charge in [-0.15, -0.1) is 0 Å². The molecule has 28 heavy (non-hydrogen) atoms. The van der Waals surface area contributed by atoms with Gasteiger partial charge in [0.15, 0.2) is 0 Å². The van der Waals surface area contributed by atoms with Crippen LogP contribution in [0.15, 0.2) is 41.5 Å². The van der Waals surface area contributed by atoms with E-state index in [1.165, 1.54) is 19.1 Å². The van der Waals surface area contributed by atoms with Crippen molar-refractivity contribution in [1.29, 1.82) is 0 Å². The minimum atomic E-state index is -3.59. The summed E-state index contributed by atoms with van der Waals surface area (Å²) in [5.41, 5.74) is 5.50. The van der Waals surface area contributed by atoms with Crippen LogP contribution in [0.4, 0.5) is 8.78 Å². The van der Waals surface area contributed by atoms with Gasteiger partial charge in [0.25, 0.3) is 18.2 Å². The summed E-state index contributed by atoms with van der Waals surface area (Å²) in [5.74, 6) is -4.67. The Morgan fingerprint density at radius 2 is 1.86 bits per heavy atom. The number of fused-ring (bicyclic) bond motifs is 1. The SMILES string of the molecule is CCOC(=O)C(C=CCN1C(=O)c2ccccc2C1=O)(C(=O)N=[N+]=[N-])C(F)F. The van der Waals surface area contributed by atoms with Crippen molar-refractivity contribution in [3.8, 4) is 0 Å². The number of carbonyl (C=O) groups excluding carboxylic acids is 4. The summed E-state index contributed by atoms with van der Waals surface area (Å²) in [6.45, 7) is 0.557. The van der Waals surface area contributed by atoms with Crippen LogP contribution < -0.4 is 0 Å². The van der Waals surface area contributed by atoms with Gasteiger partial charge in [0.05, 0.1) is 17.7 Å². The minimum Gasteiger partial charge on any atom is -0.465 e. The molecule has 146 valence electrons. The van der Waals surface area contributed by atoms with Crippen molar-refractivity contribution >= 4 is 23.7 Å². The van der Waals surface area contributed by atoms with Crippen LogP contribution in [0, 0.1) is 5.41 Å². The summed E-state index contributed by atoms with van der Waals surface area (Å²) in [5, 5.41) is 2.60. The lowest BCUT2D eigenvalue weighted by Crippen LogP contribution is -2.44. The van der Waals surface area contributed by atoms with E-state index in [2.05, 4.69) is 14.8 Å². The number of benzene rings is 1. The predicted octanol–water partition coefficient (Wildman–Crippen LogP) is 2.49. The van der Waals surface area contributed by atoms with Gasteiger partial charge in [-0.25, -0.2) is 8.78 Å². The monoisotopic (exact) mass is 392 g/mol. The number of imide groups is 1. The van der Waals surface area contributed by atoms with Crippen LogP contribution in [0.5, 0.6) is 0 Å². The molecule has 1 aromatic rings. The van der Waals surface area contributed by atoms with E-state index in [-0.39, 0.29) is 17.7 Å². The zero-order valence-corrected chi connectivity index (χ0v) is 14.5. The fourth-order valence-electron chi connectivity index (χ4n) is 2.60. The number of esters is 1. The zero-order valence-electron chi connectivity index (χ0n) is 14.5. The molecule has 3 amide bonds. The average Bonchev–Trinajstić information content (AvgIpc) is 2.90. The number of hydrogen-bond acceptors (Lipinski definition) is 5. The molecule has 0 saturated heterocycles. The van der Waals surface area contributed by atoms with Gasteiger partial charge in [0.2, 0.25) is 11.3 Å². The van der Waals surface area contributed by atoms with E-state index in [0.29, 0.717) is 6.08 Å². The second kappa shape index (κ2) is 8.40. The molecule has 2 rings (SSSR count). The van der Waals surface area contributed by atoms with Crippen LogP contribution in [0.2, 0.25) is 0 Å². The maximum Gasteiger partial charge on any atom is 0.329 e. The van der Waals surface area contributed by atoms with Crippen molar-refractivity contribution in [3.63, 3.8) is 0 Å². The highest BCUT2D eigenvalue weighted by Crippen LogP contribution is 2.32. The summed E-state index contributed by atoms with van der Waals surface area (Å²) in [6, 6.07) is 5.99. The van der Waals surface area contributed by atoms with Gasteiger partial charge < -0.3 is 4.74 Å². The second-order valence-corrected chi connectivity index (χ2v) is 5.55. The van der Waals surface area contributed by atoms with Crippen LogP contribution in [0.3, 0.4) is 0 Å². The molecule has 1 aliphatic rings. The van der Waals surface area contributed by atoms with Crippen LogP contribution in [0.1, 0.15) is 27.6 Å². The molecule has 0 spiro atoms. The lowest BCUT2D eigenvalue weighted by Gasteiger charge is -2.24. The highest BCUT2D eigenvalue weighted by Gasteiger charge is 2.53. The molecular formula is C17H14F2N4O5. The second-order valence-electron chi connectivity index (χ2n) is 5.55. The van der Waals surface area contributed by atoms with Crippen molar-refractivity contribution in [2.75, 3.05) is 13.2 Å². The summed E-state index contributed by atoms with van der Waals surface area (Å²) in [4.78, 5) is 51.5. The number of alkyl halides is 2. The minimum absolute atomic E-state index is 0.150. The standard InChI is InChI=1S/C17H14F2N4O5/c1-2-28-16(27)17(14(18)19,15(26)21-22-20)8-5-9-23-12(24)10-6-3-4-7-11(10)13(23)25/h3-8,14H,2,9H2,1H3. The Kier molecular flexibility index (Phi) is 6.22. The van der Waals surface area contributed by atoms with Gasteiger partial charge in [-0.3, -0.25) is 24.1 Å². The third-order valence-corrected chi connectivity index (χ3v) is 3.99. The molecule has 0 aliphatic carbocycles.